The van der Waals surface area contributed by atoms with Gasteiger partial charge in [0.1, 0.15) is 0 Å². The van der Waals surface area contributed by atoms with Gasteiger partial charge in [-0.2, -0.15) is 0 Å². The zero-order valence-corrected chi connectivity index (χ0v) is 13.0. The van der Waals surface area contributed by atoms with E-state index < -0.39 is 0 Å². The van der Waals surface area contributed by atoms with E-state index in [4.69, 9.17) is 0 Å². The summed E-state index contributed by atoms with van der Waals surface area (Å²) in [6, 6.07) is 10.3. The second kappa shape index (κ2) is 5.99. The molecular weight excluding hydrogens is 278 g/mol. The molecule has 1 saturated heterocycles. The molecule has 0 spiro atoms. The number of aryl methyl sites for hydroxylation is 1. The zero-order valence-electron chi connectivity index (χ0n) is 13.0. The Balaban J connectivity index is 1.47. The Morgan fingerprint density at radius 2 is 1.91 bits per heavy atom. The van der Waals surface area contributed by atoms with Gasteiger partial charge in [-0.15, -0.1) is 0 Å². The van der Waals surface area contributed by atoms with Crippen molar-refractivity contribution in [2.24, 2.45) is 5.41 Å². The van der Waals surface area contributed by atoms with Crippen molar-refractivity contribution in [2.75, 3.05) is 20.1 Å². The number of likely N-dealkylation sites (tertiary alicyclic amines) is 1. The van der Waals surface area contributed by atoms with E-state index in [-0.39, 0.29) is 23.4 Å². The van der Waals surface area contributed by atoms with E-state index in [1.807, 2.05) is 23.1 Å². The van der Waals surface area contributed by atoms with Gasteiger partial charge in [-0.3, -0.25) is 4.79 Å². The SMILES string of the molecule is CNC(=O)NC1CN(C(=O)C2(CCc3ccccc3)CC2)C1. The summed E-state index contributed by atoms with van der Waals surface area (Å²) in [7, 11) is 1.60. The lowest BCUT2D eigenvalue weighted by molar-refractivity contribution is -0.142. The predicted octanol–water partition coefficient (Wildman–Crippen LogP) is 1.54. The number of hydrogen-bond donors (Lipinski definition) is 2. The Morgan fingerprint density at radius 3 is 2.50 bits per heavy atom. The Kier molecular flexibility index (Phi) is 4.05. The first-order valence-electron chi connectivity index (χ1n) is 7.94. The summed E-state index contributed by atoms with van der Waals surface area (Å²) >= 11 is 0. The van der Waals surface area contributed by atoms with Crippen LogP contribution in [0.5, 0.6) is 0 Å². The van der Waals surface area contributed by atoms with E-state index in [0.717, 1.165) is 25.7 Å². The molecule has 0 radical (unpaired) electrons. The number of nitrogens with one attached hydrogen (secondary N) is 2. The van der Waals surface area contributed by atoms with Crippen LogP contribution in [-0.2, 0) is 11.2 Å². The van der Waals surface area contributed by atoms with E-state index in [1.54, 1.807) is 7.05 Å². The summed E-state index contributed by atoms with van der Waals surface area (Å²) in [5, 5.41) is 5.37. The van der Waals surface area contributed by atoms with Crippen molar-refractivity contribution in [3.05, 3.63) is 35.9 Å². The van der Waals surface area contributed by atoms with Crippen molar-refractivity contribution in [1.82, 2.24) is 15.5 Å². The molecule has 2 fully saturated rings. The van der Waals surface area contributed by atoms with Gasteiger partial charge in [0.25, 0.3) is 0 Å². The molecule has 5 nitrogen and oxygen atoms in total. The molecule has 1 aliphatic heterocycles. The standard InChI is InChI=1S/C17H23N3O2/c1-18-16(22)19-14-11-20(12-14)15(21)17(9-10-17)8-7-13-5-3-2-4-6-13/h2-6,14H,7-12H2,1H3,(H2,18,19,22). The fourth-order valence-electron chi connectivity index (χ4n) is 3.08. The van der Waals surface area contributed by atoms with Gasteiger partial charge in [-0.1, -0.05) is 30.3 Å². The number of benzene rings is 1. The van der Waals surface area contributed by atoms with Crippen molar-refractivity contribution in [2.45, 2.75) is 31.7 Å². The second-order valence-electron chi connectivity index (χ2n) is 6.40. The summed E-state index contributed by atoms with van der Waals surface area (Å²) in [5.41, 5.74) is 1.16. The van der Waals surface area contributed by atoms with Crippen LogP contribution in [0, 0.1) is 5.41 Å². The van der Waals surface area contributed by atoms with E-state index >= 15 is 0 Å². The predicted molar refractivity (Wildman–Crippen MR) is 84.4 cm³/mol. The number of hydrogen-bond acceptors (Lipinski definition) is 2. The van der Waals surface area contributed by atoms with Crippen LogP contribution < -0.4 is 10.6 Å². The summed E-state index contributed by atoms with van der Waals surface area (Å²) in [6.45, 7) is 1.28. The smallest absolute Gasteiger partial charge is 0.314 e. The monoisotopic (exact) mass is 301 g/mol. The fourth-order valence-corrected chi connectivity index (χ4v) is 3.08. The molecule has 118 valence electrons. The number of amides is 3. The van der Waals surface area contributed by atoms with Crippen LogP contribution in [0.4, 0.5) is 4.79 Å². The topological polar surface area (TPSA) is 61.4 Å². The van der Waals surface area contributed by atoms with Gasteiger partial charge in [0, 0.05) is 25.6 Å². The minimum absolute atomic E-state index is 0.0915. The fraction of sp³-hybridized carbons (Fsp3) is 0.529. The highest BCUT2D eigenvalue weighted by molar-refractivity contribution is 5.86. The van der Waals surface area contributed by atoms with Gasteiger partial charge in [-0.05, 0) is 31.2 Å². The summed E-state index contributed by atoms with van der Waals surface area (Å²) in [4.78, 5) is 25.8. The number of rotatable bonds is 5. The molecule has 1 aromatic carbocycles. The van der Waals surface area contributed by atoms with Crippen molar-refractivity contribution >= 4 is 11.9 Å². The molecule has 2 N–H and O–H groups in total. The third-order valence-electron chi connectivity index (χ3n) is 4.77. The minimum Gasteiger partial charge on any atom is -0.341 e. The maximum atomic E-state index is 12.6. The second-order valence-corrected chi connectivity index (χ2v) is 6.40. The Morgan fingerprint density at radius 1 is 1.23 bits per heavy atom. The number of nitrogens with zero attached hydrogens (tertiary/aromatic N) is 1. The number of carbonyl (C=O) groups is 2. The van der Waals surface area contributed by atoms with E-state index in [0.29, 0.717) is 13.1 Å². The highest BCUT2D eigenvalue weighted by Gasteiger charge is 2.52. The van der Waals surface area contributed by atoms with Gasteiger partial charge >= 0.3 is 6.03 Å². The Bertz CT molecular complexity index is 548. The molecule has 0 aromatic heterocycles. The Hall–Kier alpha value is -2.04. The molecule has 5 heteroatoms. The van der Waals surface area contributed by atoms with E-state index in [1.165, 1.54) is 5.56 Å². The molecular formula is C17H23N3O2. The summed E-state index contributed by atoms with van der Waals surface area (Å²) in [5.74, 6) is 0.276. The highest BCUT2D eigenvalue weighted by atomic mass is 16.2. The molecule has 3 amide bonds. The average Bonchev–Trinajstić information content (AvgIpc) is 3.30. The molecule has 1 heterocycles. The van der Waals surface area contributed by atoms with Gasteiger partial charge in [0.15, 0.2) is 0 Å². The Labute approximate surface area is 131 Å². The number of carbonyl (C=O) groups excluding carboxylic acids is 2. The molecule has 3 rings (SSSR count). The van der Waals surface area contributed by atoms with Crippen LogP contribution in [0.15, 0.2) is 30.3 Å². The first-order valence-corrected chi connectivity index (χ1v) is 7.94. The summed E-state index contributed by atoms with van der Waals surface area (Å²) in [6.07, 6.45) is 3.89. The van der Waals surface area contributed by atoms with Gasteiger partial charge in [0.05, 0.1) is 6.04 Å². The number of urea groups is 1. The maximum absolute atomic E-state index is 12.6. The van der Waals surface area contributed by atoms with Crippen LogP contribution >= 0.6 is 0 Å². The van der Waals surface area contributed by atoms with Crippen molar-refractivity contribution < 1.29 is 9.59 Å². The zero-order chi connectivity index (χ0) is 15.6. The van der Waals surface area contributed by atoms with E-state index in [9.17, 15) is 9.59 Å². The lowest BCUT2D eigenvalue weighted by Crippen LogP contribution is -2.63. The van der Waals surface area contributed by atoms with Crippen molar-refractivity contribution in [1.29, 1.82) is 0 Å². The lowest BCUT2D eigenvalue weighted by Gasteiger charge is -2.41. The molecule has 1 aliphatic carbocycles. The van der Waals surface area contributed by atoms with Crippen LogP contribution in [0.3, 0.4) is 0 Å². The first kappa shape index (κ1) is 14.9. The van der Waals surface area contributed by atoms with Crippen LogP contribution in [0.25, 0.3) is 0 Å². The molecule has 0 atom stereocenters. The molecule has 1 aromatic rings. The average molecular weight is 301 g/mol. The van der Waals surface area contributed by atoms with Gasteiger partial charge in [-0.25, -0.2) is 4.79 Å². The highest BCUT2D eigenvalue weighted by Crippen LogP contribution is 2.51. The normalized spacial score (nSPS) is 19.2. The first-order chi connectivity index (χ1) is 10.6. The van der Waals surface area contributed by atoms with Crippen molar-refractivity contribution in [3.8, 4) is 0 Å². The van der Waals surface area contributed by atoms with E-state index in [2.05, 4.69) is 22.8 Å². The minimum atomic E-state index is -0.178. The molecule has 1 saturated carbocycles. The van der Waals surface area contributed by atoms with Crippen LogP contribution in [-0.4, -0.2) is 43.0 Å². The molecule has 0 unspecified atom stereocenters. The van der Waals surface area contributed by atoms with Crippen molar-refractivity contribution in [3.63, 3.8) is 0 Å². The lowest BCUT2D eigenvalue weighted by atomic mass is 9.93. The third-order valence-corrected chi connectivity index (χ3v) is 4.77. The summed E-state index contributed by atoms with van der Waals surface area (Å²) < 4.78 is 0. The molecule has 0 bridgehead atoms. The van der Waals surface area contributed by atoms with Gasteiger partial charge in [0.2, 0.25) is 5.91 Å². The molecule has 2 aliphatic rings. The quantitative estimate of drug-likeness (QED) is 0.866. The van der Waals surface area contributed by atoms with Crippen LogP contribution in [0.2, 0.25) is 0 Å². The molecule has 22 heavy (non-hydrogen) atoms. The largest absolute Gasteiger partial charge is 0.341 e. The maximum Gasteiger partial charge on any atom is 0.314 e. The van der Waals surface area contributed by atoms with Crippen LogP contribution in [0.1, 0.15) is 24.8 Å². The third kappa shape index (κ3) is 3.08. The van der Waals surface area contributed by atoms with Gasteiger partial charge < -0.3 is 15.5 Å².